The zero-order chi connectivity index (χ0) is 13.8. The molecule has 0 saturated heterocycles. The summed E-state index contributed by atoms with van der Waals surface area (Å²) in [5, 5.41) is 8.74. The van der Waals surface area contributed by atoms with Crippen LogP contribution in [0, 0.1) is 0 Å². The predicted molar refractivity (Wildman–Crippen MR) is 67.5 cm³/mol. The second kappa shape index (κ2) is 5.60. The quantitative estimate of drug-likeness (QED) is 0.875. The SMILES string of the molecule is CCC(=O)N(CCC(=O)O)c1ccc2c(c1)OCO2. The molecule has 0 bridgehead atoms. The first-order chi connectivity index (χ1) is 9.11. The fourth-order valence-corrected chi connectivity index (χ4v) is 1.85. The van der Waals surface area contributed by atoms with Crippen LogP contribution in [0.3, 0.4) is 0 Å². The molecule has 0 aromatic heterocycles. The van der Waals surface area contributed by atoms with Crippen LogP contribution in [0.2, 0.25) is 0 Å². The Bertz CT molecular complexity index is 500. The molecule has 0 saturated carbocycles. The van der Waals surface area contributed by atoms with Gasteiger partial charge in [-0.3, -0.25) is 9.59 Å². The Balaban J connectivity index is 2.22. The van der Waals surface area contributed by atoms with Crippen LogP contribution in [0.25, 0.3) is 0 Å². The zero-order valence-corrected chi connectivity index (χ0v) is 10.6. The molecule has 0 atom stereocenters. The number of rotatable bonds is 5. The number of carboxylic acids is 1. The van der Waals surface area contributed by atoms with Crippen LogP contribution in [0.5, 0.6) is 11.5 Å². The number of anilines is 1. The van der Waals surface area contributed by atoms with Crippen LogP contribution >= 0.6 is 0 Å². The van der Waals surface area contributed by atoms with Crippen LogP contribution in [0.4, 0.5) is 5.69 Å². The fourth-order valence-electron chi connectivity index (χ4n) is 1.85. The minimum absolute atomic E-state index is 0.0970. The number of benzene rings is 1. The number of carboxylic acid groups (broad SMARTS) is 1. The zero-order valence-electron chi connectivity index (χ0n) is 10.6. The van der Waals surface area contributed by atoms with Crippen molar-refractivity contribution in [3.05, 3.63) is 18.2 Å². The van der Waals surface area contributed by atoms with E-state index in [0.29, 0.717) is 23.6 Å². The van der Waals surface area contributed by atoms with Gasteiger partial charge in [0.05, 0.1) is 6.42 Å². The third-order valence-electron chi connectivity index (χ3n) is 2.82. The summed E-state index contributed by atoms with van der Waals surface area (Å²) in [6, 6.07) is 5.13. The molecule has 19 heavy (non-hydrogen) atoms. The molecule has 1 N–H and O–H groups in total. The third-order valence-corrected chi connectivity index (χ3v) is 2.82. The topological polar surface area (TPSA) is 76.1 Å². The highest BCUT2D eigenvalue weighted by atomic mass is 16.7. The van der Waals surface area contributed by atoms with Gasteiger partial charge in [0.15, 0.2) is 11.5 Å². The summed E-state index contributed by atoms with van der Waals surface area (Å²) >= 11 is 0. The first-order valence-corrected chi connectivity index (χ1v) is 6.03. The first kappa shape index (κ1) is 13.2. The van der Waals surface area contributed by atoms with Crippen molar-refractivity contribution >= 4 is 17.6 Å². The number of fused-ring (bicyclic) bond motifs is 1. The highest BCUT2D eigenvalue weighted by Crippen LogP contribution is 2.35. The van der Waals surface area contributed by atoms with Gasteiger partial charge >= 0.3 is 5.97 Å². The number of ether oxygens (including phenoxy) is 2. The molecule has 1 aromatic carbocycles. The molecule has 1 amide bonds. The van der Waals surface area contributed by atoms with Crippen molar-refractivity contribution in [3.63, 3.8) is 0 Å². The molecule has 0 unspecified atom stereocenters. The molecule has 0 fully saturated rings. The number of hydrogen-bond donors (Lipinski definition) is 1. The molecule has 1 heterocycles. The van der Waals surface area contributed by atoms with Crippen LogP contribution in [0.1, 0.15) is 19.8 Å². The molecule has 102 valence electrons. The largest absolute Gasteiger partial charge is 0.481 e. The maximum absolute atomic E-state index is 11.9. The van der Waals surface area contributed by atoms with Gasteiger partial charge in [-0.1, -0.05) is 6.92 Å². The van der Waals surface area contributed by atoms with E-state index in [4.69, 9.17) is 14.6 Å². The normalized spacial score (nSPS) is 12.3. The minimum Gasteiger partial charge on any atom is -0.481 e. The Morgan fingerprint density at radius 3 is 2.74 bits per heavy atom. The molecule has 2 rings (SSSR count). The summed E-state index contributed by atoms with van der Waals surface area (Å²) in [4.78, 5) is 24.0. The molecule has 1 aliphatic rings. The molecular formula is C13H15NO5. The van der Waals surface area contributed by atoms with Gasteiger partial charge in [0, 0.05) is 24.7 Å². The van der Waals surface area contributed by atoms with E-state index in [2.05, 4.69) is 0 Å². The van der Waals surface area contributed by atoms with E-state index >= 15 is 0 Å². The Labute approximate surface area is 110 Å². The number of aliphatic carboxylic acids is 1. The van der Waals surface area contributed by atoms with E-state index in [-0.39, 0.29) is 25.7 Å². The van der Waals surface area contributed by atoms with Crippen molar-refractivity contribution in [2.45, 2.75) is 19.8 Å². The minimum atomic E-state index is -0.936. The highest BCUT2D eigenvalue weighted by molar-refractivity contribution is 5.94. The average molecular weight is 265 g/mol. The predicted octanol–water partition coefficient (Wildman–Crippen LogP) is 1.63. The first-order valence-electron chi connectivity index (χ1n) is 6.03. The molecule has 0 spiro atoms. The lowest BCUT2D eigenvalue weighted by molar-refractivity contribution is -0.136. The molecule has 6 nitrogen and oxygen atoms in total. The van der Waals surface area contributed by atoms with Crippen molar-refractivity contribution in [3.8, 4) is 11.5 Å². The summed E-state index contributed by atoms with van der Waals surface area (Å²) in [6.45, 7) is 2.04. The lowest BCUT2D eigenvalue weighted by Crippen LogP contribution is -2.32. The van der Waals surface area contributed by atoms with Crippen LogP contribution in [0.15, 0.2) is 18.2 Å². The lowest BCUT2D eigenvalue weighted by Gasteiger charge is -2.21. The number of amides is 1. The van der Waals surface area contributed by atoms with Gasteiger partial charge in [-0.15, -0.1) is 0 Å². The molecule has 1 aliphatic heterocycles. The van der Waals surface area contributed by atoms with E-state index in [0.717, 1.165) is 0 Å². The van der Waals surface area contributed by atoms with E-state index in [1.165, 1.54) is 4.90 Å². The van der Waals surface area contributed by atoms with Crippen molar-refractivity contribution in [1.82, 2.24) is 0 Å². The Morgan fingerprint density at radius 2 is 2.05 bits per heavy atom. The summed E-state index contributed by atoms with van der Waals surface area (Å²) in [6.07, 6.45) is 0.217. The van der Waals surface area contributed by atoms with Crippen LogP contribution < -0.4 is 14.4 Å². The molecule has 0 radical (unpaired) electrons. The van der Waals surface area contributed by atoms with Crippen LogP contribution in [-0.2, 0) is 9.59 Å². The summed E-state index contributed by atoms with van der Waals surface area (Å²) in [5.41, 5.74) is 0.623. The number of hydrogen-bond acceptors (Lipinski definition) is 4. The summed E-state index contributed by atoms with van der Waals surface area (Å²) in [5.74, 6) is 0.141. The maximum atomic E-state index is 11.9. The fraction of sp³-hybridized carbons (Fsp3) is 0.385. The monoisotopic (exact) mass is 265 g/mol. The third kappa shape index (κ3) is 2.96. The molecule has 0 aliphatic carbocycles. The summed E-state index contributed by atoms with van der Waals surface area (Å²) < 4.78 is 10.5. The average Bonchev–Trinajstić information content (AvgIpc) is 2.85. The Kier molecular flexibility index (Phi) is 3.89. The highest BCUT2D eigenvalue weighted by Gasteiger charge is 2.19. The van der Waals surface area contributed by atoms with Crippen molar-refractivity contribution in [2.24, 2.45) is 0 Å². The van der Waals surface area contributed by atoms with Gasteiger partial charge in [-0.25, -0.2) is 0 Å². The van der Waals surface area contributed by atoms with E-state index in [1.807, 2.05) is 0 Å². The van der Waals surface area contributed by atoms with Crippen molar-refractivity contribution in [1.29, 1.82) is 0 Å². The Hall–Kier alpha value is -2.24. The van der Waals surface area contributed by atoms with Crippen LogP contribution in [-0.4, -0.2) is 30.3 Å². The van der Waals surface area contributed by atoms with Crippen molar-refractivity contribution < 1.29 is 24.2 Å². The maximum Gasteiger partial charge on any atom is 0.305 e. The smallest absolute Gasteiger partial charge is 0.305 e. The van der Waals surface area contributed by atoms with E-state index in [9.17, 15) is 9.59 Å². The Morgan fingerprint density at radius 1 is 1.32 bits per heavy atom. The molecular weight excluding hydrogens is 250 g/mol. The van der Waals surface area contributed by atoms with Gasteiger partial charge in [0.2, 0.25) is 12.7 Å². The summed E-state index contributed by atoms with van der Waals surface area (Å²) in [7, 11) is 0. The van der Waals surface area contributed by atoms with Gasteiger partial charge in [0.1, 0.15) is 0 Å². The lowest BCUT2D eigenvalue weighted by atomic mass is 10.2. The van der Waals surface area contributed by atoms with E-state index in [1.54, 1.807) is 25.1 Å². The molecule has 6 heteroatoms. The van der Waals surface area contributed by atoms with Gasteiger partial charge in [-0.2, -0.15) is 0 Å². The van der Waals surface area contributed by atoms with Gasteiger partial charge in [-0.05, 0) is 12.1 Å². The van der Waals surface area contributed by atoms with E-state index < -0.39 is 5.97 Å². The number of nitrogens with zero attached hydrogens (tertiary/aromatic N) is 1. The van der Waals surface area contributed by atoms with Crippen molar-refractivity contribution in [2.75, 3.05) is 18.2 Å². The number of carbonyl (C=O) groups is 2. The van der Waals surface area contributed by atoms with Gasteiger partial charge < -0.3 is 19.5 Å². The second-order valence-corrected chi connectivity index (χ2v) is 4.08. The van der Waals surface area contributed by atoms with Gasteiger partial charge in [0.25, 0.3) is 0 Å². The standard InChI is InChI=1S/C13H15NO5/c1-2-12(15)14(6-5-13(16)17)9-3-4-10-11(7-9)19-8-18-10/h3-4,7H,2,5-6,8H2,1H3,(H,16,17). The number of carbonyl (C=O) groups excluding carboxylic acids is 1. The molecule has 1 aromatic rings. The second-order valence-electron chi connectivity index (χ2n) is 4.08.